The van der Waals surface area contributed by atoms with Crippen LogP contribution in [-0.4, -0.2) is 5.11 Å². The van der Waals surface area contributed by atoms with Gasteiger partial charge in [-0.05, 0) is 36.5 Å². The maximum Gasteiger partial charge on any atom is 0.124 e. The number of benzene rings is 1. The predicted molar refractivity (Wildman–Crippen MR) is 65.6 cm³/mol. The molecule has 1 aromatic rings. The van der Waals surface area contributed by atoms with E-state index in [9.17, 15) is 9.50 Å². The van der Waals surface area contributed by atoms with Gasteiger partial charge in [0.05, 0.1) is 6.10 Å². The molecule has 16 heavy (non-hydrogen) atoms. The maximum absolute atomic E-state index is 12.9. The second-order valence-electron chi connectivity index (χ2n) is 4.51. The lowest BCUT2D eigenvalue weighted by Crippen LogP contribution is -2.16. The Morgan fingerprint density at radius 1 is 1.25 bits per heavy atom. The number of rotatable bonds is 2. The molecule has 0 aliphatic heterocycles. The molecule has 0 bridgehead atoms. The number of hydrogen-bond acceptors (Lipinski definition) is 1. The van der Waals surface area contributed by atoms with Crippen LogP contribution in [0.3, 0.4) is 0 Å². The lowest BCUT2D eigenvalue weighted by atomic mass is 9.83. The van der Waals surface area contributed by atoms with Gasteiger partial charge in [-0.2, -0.15) is 0 Å². The molecule has 1 unspecified atom stereocenters. The largest absolute Gasteiger partial charge is 0.388 e. The quantitative estimate of drug-likeness (QED) is 0.864. The minimum absolute atomic E-state index is 0.272. The highest BCUT2D eigenvalue weighted by Crippen LogP contribution is 2.37. The van der Waals surface area contributed by atoms with E-state index in [1.165, 1.54) is 31.4 Å². The zero-order valence-corrected chi connectivity index (χ0v) is 10.7. The third-order valence-electron chi connectivity index (χ3n) is 3.38. The van der Waals surface area contributed by atoms with Gasteiger partial charge >= 0.3 is 0 Å². The lowest BCUT2D eigenvalue weighted by molar-refractivity contribution is 0.0842. The summed E-state index contributed by atoms with van der Waals surface area (Å²) in [6.07, 6.45) is 5.35. The first-order chi connectivity index (χ1) is 7.68. The SMILES string of the molecule is OC(c1ccc(F)cc1Br)C1CCCCC1. The van der Waals surface area contributed by atoms with E-state index >= 15 is 0 Å². The van der Waals surface area contributed by atoms with E-state index in [-0.39, 0.29) is 5.82 Å². The van der Waals surface area contributed by atoms with Crippen molar-refractivity contribution in [3.05, 3.63) is 34.1 Å². The standard InChI is InChI=1S/C13H16BrFO/c14-12-8-10(15)6-7-11(12)13(16)9-4-2-1-3-5-9/h6-9,13,16H,1-5H2. The van der Waals surface area contributed by atoms with Crippen molar-refractivity contribution < 1.29 is 9.50 Å². The Morgan fingerprint density at radius 2 is 1.94 bits per heavy atom. The maximum atomic E-state index is 12.9. The molecule has 1 fully saturated rings. The average molecular weight is 287 g/mol. The van der Waals surface area contributed by atoms with Crippen LogP contribution in [0, 0.1) is 11.7 Å². The average Bonchev–Trinajstić information content (AvgIpc) is 2.29. The van der Waals surface area contributed by atoms with Crippen LogP contribution in [0.1, 0.15) is 43.8 Å². The third kappa shape index (κ3) is 2.64. The molecule has 3 heteroatoms. The van der Waals surface area contributed by atoms with E-state index in [0.29, 0.717) is 10.4 Å². The third-order valence-corrected chi connectivity index (χ3v) is 4.06. The topological polar surface area (TPSA) is 20.2 Å². The molecular weight excluding hydrogens is 271 g/mol. The van der Waals surface area contributed by atoms with Crippen molar-refractivity contribution in [3.63, 3.8) is 0 Å². The molecule has 1 atom stereocenters. The van der Waals surface area contributed by atoms with Gasteiger partial charge in [0.15, 0.2) is 0 Å². The summed E-state index contributed by atoms with van der Waals surface area (Å²) in [6, 6.07) is 4.51. The van der Waals surface area contributed by atoms with Crippen molar-refractivity contribution >= 4 is 15.9 Å². The minimum atomic E-state index is -0.463. The molecule has 1 saturated carbocycles. The van der Waals surface area contributed by atoms with E-state index < -0.39 is 6.10 Å². The summed E-state index contributed by atoms with van der Waals surface area (Å²) < 4.78 is 13.6. The van der Waals surface area contributed by atoms with Gasteiger partial charge < -0.3 is 5.11 Å². The van der Waals surface area contributed by atoms with Gasteiger partial charge in [-0.15, -0.1) is 0 Å². The monoisotopic (exact) mass is 286 g/mol. The zero-order valence-electron chi connectivity index (χ0n) is 9.13. The number of hydrogen-bond donors (Lipinski definition) is 1. The fourth-order valence-corrected chi connectivity index (χ4v) is 3.03. The Bertz CT molecular complexity index is 361. The molecule has 1 aromatic carbocycles. The molecule has 1 N–H and O–H groups in total. The molecule has 0 radical (unpaired) electrons. The van der Waals surface area contributed by atoms with Crippen LogP contribution in [0.2, 0.25) is 0 Å². The van der Waals surface area contributed by atoms with Crippen LogP contribution in [0.4, 0.5) is 4.39 Å². The summed E-state index contributed by atoms with van der Waals surface area (Å²) in [5.74, 6) is 0.0574. The van der Waals surface area contributed by atoms with Gasteiger partial charge in [0.2, 0.25) is 0 Å². The molecule has 88 valence electrons. The normalized spacial score (nSPS) is 19.7. The highest BCUT2D eigenvalue weighted by atomic mass is 79.9. The van der Waals surface area contributed by atoms with E-state index in [4.69, 9.17) is 0 Å². The van der Waals surface area contributed by atoms with Crippen molar-refractivity contribution in [2.75, 3.05) is 0 Å². The first-order valence-corrected chi connectivity index (χ1v) is 6.61. The summed E-state index contributed by atoms with van der Waals surface area (Å²) >= 11 is 3.31. The first-order valence-electron chi connectivity index (χ1n) is 5.81. The van der Waals surface area contributed by atoms with E-state index in [2.05, 4.69) is 15.9 Å². The Morgan fingerprint density at radius 3 is 2.56 bits per heavy atom. The summed E-state index contributed by atoms with van der Waals surface area (Å²) in [6.45, 7) is 0. The molecule has 1 aliphatic carbocycles. The predicted octanol–water partition coefficient (Wildman–Crippen LogP) is 4.20. The summed E-state index contributed by atoms with van der Waals surface area (Å²) in [7, 11) is 0. The van der Waals surface area contributed by atoms with E-state index in [0.717, 1.165) is 18.4 Å². The van der Waals surface area contributed by atoms with Gasteiger partial charge in [0, 0.05) is 4.47 Å². The Kier molecular flexibility index (Phi) is 3.98. The van der Waals surface area contributed by atoms with Crippen LogP contribution >= 0.6 is 15.9 Å². The molecule has 0 heterocycles. The summed E-state index contributed by atoms with van der Waals surface area (Å²) in [5.41, 5.74) is 0.813. The molecular formula is C13H16BrFO. The number of aliphatic hydroxyl groups excluding tert-OH is 1. The van der Waals surface area contributed by atoms with Crippen LogP contribution in [0.25, 0.3) is 0 Å². The van der Waals surface area contributed by atoms with Crippen LogP contribution in [-0.2, 0) is 0 Å². The van der Waals surface area contributed by atoms with Gasteiger partial charge in [-0.3, -0.25) is 0 Å². The van der Waals surface area contributed by atoms with Crippen molar-refractivity contribution in [1.29, 1.82) is 0 Å². The second-order valence-corrected chi connectivity index (χ2v) is 5.36. The van der Waals surface area contributed by atoms with Crippen molar-refractivity contribution in [2.45, 2.75) is 38.2 Å². The van der Waals surface area contributed by atoms with Crippen LogP contribution < -0.4 is 0 Å². The molecule has 0 saturated heterocycles. The number of halogens is 2. The van der Waals surface area contributed by atoms with Crippen molar-refractivity contribution in [3.8, 4) is 0 Å². The Hall–Kier alpha value is -0.410. The Labute approximate surface area is 104 Å². The minimum Gasteiger partial charge on any atom is -0.388 e. The van der Waals surface area contributed by atoms with E-state index in [1.54, 1.807) is 6.07 Å². The van der Waals surface area contributed by atoms with Crippen molar-refractivity contribution in [2.24, 2.45) is 5.92 Å². The fourth-order valence-electron chi connectivity index (χ4n) is 2.45. The van der Waals surface area contributed by atoms with E-state index in [1.807, 2.05) is 0 Å². The summed E-state index contributed by atoms with van der Waals surface area (Å²) in [4.78, 5) is 0. The lowest BCUT2D eigenvalue weighted by Gasteiger charge is -2.27. The molecule has 2 rings (SSSR count). The first kappa shape index (κ1) is 12.1. The molecule has 1 aliphatic rings. The second kappa shape index (κ2) is 5.28. The van der Waals surface area contributed by atoms with Gasteiger partial charge in [0.1, 0.15) is 5.82 Å². The van der Waals surface area contributed by atoms with Crippen LogP contribution in [0.15, 0.2) is 22.7 Å². The zero-order chi connectivity index (χ0) is 11.5. The number of aliphatic hydroxyl groups is 1. The van der Waals surface area contributed by atoms with Gasteiger partial charge in [-0.25, -0.2) is 4.39 Å². The Balaban J connectivity index is 2.15. The molecule has 0 spiro atoms. The smallest absolute Gasteiger partial charge is 0.124 e. The van der Waals surface area contributed by atoms with Crippen molar-refractivity contribution in [1.82, 2.24) is 0 Å². The fraction of sp³-hybridized carbons (Fsp3) is 0.538. The molecule has 0 amide bonds. The highest BCUT2D eigenvalue weighted by Gasteiger charge is 2.24. The van der Waals surface area contributed by atoms with Gasteiger partial charge in [-0.1, -0.05) is 41.3 Å². The van der Waals surface area contributed by atoms with Gasteiger partial charge in [0.25, 0.3) is 0 Å². The highest BCUT2D eigenvalue weighted by molar-refractivity contribution is 9.10. The molecule has 0 aromatic heterocycles. The molecule has 1 nitrogen and oxygen atoms in total. The summed E-state index contributed by atoms with van der Waals surface area (Å²) in [5, 5.41) is 10.3. The van der Waals surface area contributed by atoms with Crippen LogP contribution in [0.5, 0.6) is 0 Å².